The Morgan fingerprint density at radius 3 is 2.11 bits per heavy atom. The molecule has 1 saturated carbocycles. The molecule has 0 radical (unpaired) electrons. The highest BCUT2D eigenvalue weighted by Gasteiger charge is 2.24. The normalized spacial score (nSPS) is 17.2. The van der Waals surface area contributed by atoms with Crippen LogP contribution in [-0.2, 0) is 28.5 Å². The van der Waals surface area contributed by atoms with Gasteiger partial charge in [-0.15, -0.1) is 0 Å². The number of hydrogen-bond acceptors (Lipinski definition) is 9. The number of benzene rings is 1. The van der Waals surface area contributed by atoms with Gasteiger partial charge in [0.1, 0.15) is 32.2 Å². The van der Waals surface area contributed by atoms with Crippen molar-refractivity contribution in [1.82, 2.24) is 10.6 Å². The van der Waals surface area contributed by atoms with Crippen molar-refractivity contribution in [3.8, 4) is 5.75 Å². The van der Waals surface area contributed by atoms with Gasteiger partial charge >= 0.3 is 24.1 Å². The van der Waals surface area contributed by atoms with Crippen molar-refractivity contribution in [3.05, 3.63) is 55.6 Å². The highest BCUT2D eigenvalue weighted by molar-refractivity contribution is 5.81. The van der Waals surface area contributed by atoms with E-state index in [1.807, 2.05) is 18.2 Å². The molecule has 3 unspecified atom stereocenters. The van der Waals surface area contributed by atoms with Gasteiger partial charge in [0.25, 0.3) is 0 Å². The van der Waals surface area contributed by atoms with Crippen molar-refractivity contribution in [2.75, 3.05) is 39.5 Å². The number of nitrogens with one attached hydrogen (secondary N) is 2. The molecule has 208 valence electrons. The van der Waals surface area contributed by atoms with Gasteiger partial charge in [0.2, 0.25) is 0 Å². The molecular weight excluding hydrogens is 496 g/mol. The molecule has 2 rings (SSSR count). The van der Waals surface area contributed by atoms with Gasteiger partial charge in [0, 0.05) is 25.2 Å². The van der Waals surface area contributed by atoms with Crippen LogP contribution in [0.25, 0.3) is 0 Å². The van der Waals surface area contributed by atoms with E-state index in [1.54, 1.807) is 12.1 Å². The summed E-state index contributed by atoms with van der Waals surface area (Å²) in [5, 5.41) is 5.50. The van der Waals surface area contributed by atoms with Crippen LogP contribution in [0.3, 0.4) is 0 Å². The number of ether oxygens (including phenoxy) is 5. The van der Waals surface area contributed by atoms with E-state index in [4.69, 9.17) is 23.7 Å². The molecular formula is C27H36N2O9. The molecule has 2 N–H and O–H groups in total. The third-order valence-corrected chi connectivity index (χ3v) is 5.72. The van der Waals surface area contributed by atoms with Crippen LogP contribution in [0.4, 0.5) is 9.59 Å². The number of para-hydroxylation sites is 1. The van der Waals surface area contributed by atoms with E-state index in [9.17, 15) is 19.2 Å². The molecule has 38 heavy (non-hydrogen) atoms. The third-order valence-electron chi connectivity index (χ3n) is 5.72. The molecule has 0 spiro atoms. The molecule has 0 aromatic heterocycles. The maximum absolute atomic E-state index is 12.4. The predicted octanol–water partition coefficient (Wildman–Crippen LogP) is 3.15. The molecule has 11 heteroatoms. The molecule has 0 heterocycles. The van der Waals surface area contributed by atoms with Crippen molar-refractivity contribution in [2.24, 2.45) is 11.8 Å². The summed E-state index contributed by atoms with van der Waals surface area (Å²) < 4.78 is 25.8. The Kier molecular flexibility index (Phi) is 13.9. The van der Waals surface area contributed by atoms with E-state index >= 15 is 0 Å². The summed E-state index contributed by atoms with van der Waals surface area (Å²) in [6.07, 6.45) is 3.71. The average molecular weight is 533 g/mol. The second kappa shape index (κ2) is 17.4. The van der Waals surface area contributed by atoms with Gasteiger partial charge in [0.15, 0.2) is 6.10 Å². The number of carbonyl (C=O) groups excluding carboxylic acids is 4. The lowest BCUT2D eigenvalue weighted by Gasteiger charge is -2.29. The summed E-state index contributed by atoms with van der Waals surface area (Å²) in [6, 6.07) is 9.01. The monoisotopic (exact) mass is 532 g/mol. The third kappa shape index (κ3) is 12.8. The van der Waals surface area contributed by atoms with Crippen LogP contribution < -0.4 is 15.4 Å². The van der Waals surface area contributed by atoms with Gasteiger partial charge in [0.05, 0.1) is 0 Å². The first-order chi connectivity index (χ1) is 18.4. The molecule has 2 amide bonds. The van der Waals surface area contributed by atoms with Crippen LogP contribution in [0.5, 0.6) is 5.75 Å². The van der Waals surface area contributed by atoms with Crippen LogP contribution in [0.15, 0.2) is 55.6 Å². The zero-order valence-electron chi connectivity index (χ0n) is 21.4. The predicted molar refractivity (Wildman–Crippen MR) is 137 cm³/mol. The topological polar surface area (TPSA) is 138 Å². The Hall–Kier alpha value is -4.02. The van der Waals surface area contributed by atoms with Crippen LogP contribution in [0.1, 0.15) is 25.7 Å². The highest BCUT2D eigenvalue weighted by atomic mass is 16.6. The standard InChI is InChI=1S/C27H36N2O9/c1-3-24(30)34-13-14-35-26(32)28-16-20-9-8-10-21(15-20)17-29-27(33)38-23(19-37-25(31)4-2)18-36-22-11-6-5-7-12-22/h3-7,11-12,20-21,23H,1-2,8-10,13-19H2,(H,28,32)(H,29,33). The summed E-state index contributed by atoms with van der Waals surface area (Å²) in [7, 11) is 0. The van der Waals surface area contributed by atoms with Crippen LogP contribution in [0.2, 0.25) is 0 Å². The van der Waals surface area contributed by atoms with E-state index in [1.165, 1.54) is 0 Å². The molecule has 1 fully saturated rings. The fourth-order valence-electron chi connectivity index (χ4n) is 3.86. The average Bonchev–Trinajstić information content (AvgIpc) is 2.94. The van der Waals surface area contributed by atoms with Crippen molar-refractivity contribution in [1.29, 1.82) is 0 Å². The van der Waals surface area contributed by atoms with Gasteiger partial charge in [-0.25, -0.2) is 19.2 Å². The largest absolute Gasteiger partial charge is 0.490 e. The second-order valence-electron chi connectivity index (χ2n) is 8.65. The molecule has 11 nitrogen and oxygen atoms in total. The van der Waals surface area contributed by atoms with Gasteiger partial charge < -0.3 is 34.3 Å². The number of esters is 2. The minimum Gasteiger partial charge on any atom is -0.490 e. The fraction of sp³-hybridized carbons (Fsp3) is 0.481. The molecule has 1 aliphatic carbocycles. The number of amides is 2. The van der Waals surface area contributed by atoms with Crippen LogP contribution in [-0.4, -0.2) is 69.7 Å². The maximum Gasteiger partial charge on any atom is 0.407 e. The van der Waals surface area contributed by atoms with Crippen molar-refractivity contribution in [2.45, 2.75) is 31.8 Å². The summed E-state index contributed by atoms with van der Waals surface area (Å²) in [6.45, 7) is 7.24. The first-order valence-electron chi connectivity index (χ1n) is 12.5. The number of hydrogen-bond donors (Lipinski definition) is 2. The molecule has 0 bridgehead atoms. The van der Waals surface area contributed by atoms with Crippen LogP contribution in [0, 0.1) is 11.8 Å². The molecule has 3 atom stereocenters. The van der Waals surface area contributed by atoms with Gasteiger partial charge in [-0.05, 0) is 43.2 Å². The molecule has 1 aliphatic rings. The molecule has 1 aromatic carbocycles. The van der Waals surface area contributed by atoms with Gasteiger partial charge in [-0.3, -0.25) is 0 Å². The van der Waals surface area contributed by atoms with Crippen molar-refractivity contribution >= 4 is 24.1 Å². The minimum atomic E-state index is -0.811. The summed E-state index contributed by atoms with van der Waals surface area (Å²) in [4.78, 5) is 46.7. The Morgan fingerprint density at radius 1 is 0.842 bits per heavy atom. The zero-order valence-corrected chi connectivity index (χ0v) is 21.4. The smallest absolute Gasteiger partial charge is 0.407 e. The number of alkyl carbamates (subject to hydrolysis) is 2. The maximum atomic E-state index is 12.4. The van der Waals surface area contributed by atoms with Crippen LogP contribution >= 0.6 is 0 Å². The number of carbonyl (C=O) groups is 4. The molecule has 1 aromatic rings. The molecule has 0 aliphatic heterocycles. The van der Waals surface area contributed by atoms with E-state index < -0.39 is 30.2 Å². The van der Waals surface area contributed by atoms with E-state index in [-0.39, 0.29) is 38.3 Å². The Bertz CT molecular complexity index is 922. The lowest BCUT2D eigenvalue weighted by Crippen LogP contribution is -2.39. The quantitative estimate of drug-likeness (QED) is 0.151. The van der Waals surface area contributed by atoms with Gasteiger partial charge in [-0.1, -0.05) is 37.8 Å². The number of rotatable bonds is 15. The molecule has 0 saturated heterocycles. The highest BCUT2D eigenvalue weighted by Crippen LogP contribution is 2.28. The first kappa shape index (κ1) is 30.2. The van der Waals surface area contributed by atoms with Crippen molar-refractivity contribution in [3.63, 3.8) is 0 Å². The lowest BCUT2D eigenvalue weighted by atomic mass is 9.81. The Labute approximate surface area is 222 Å². The summed E-state index contributed by atoms with van der Waals surface area (Å²) >= 11 is 0. The van der Waals surface area contributed by atoms with E-state index in [0.29, 0.717) is 18.8 Å². The zero-order chi connectivity index (χ0) is 27.6. The SMILES string of the molecule is C=CC(=O)OCCOC(=O)NCC1CCCC(CNC(=O)OC(COC(=O)C=C)COc2ccccc2)C1. The summed E-state index contributed by atoms with van der Waals surface area (Å²) in [5.74, 6) is -0.149. The Balaban J connectivity index is 1.70. The first-order valence-corrected chi connectivity index (χ1v) is 12.5. The summed E-state index contributed by atoms with van der Waals surface area (Å²) in [5.41, 5.74) is 0. The second-order valence-corrected chi connectivity index (χ2v) is 8.65. The fourth-order valence-corrected chi connectivity index (χ4v) is 3.86. The van der Waals surface area contributed by atoms with Crippen molar-refractivity contribution < 1.29 is 42.9 Å². The van der Waals surface area contributed by atoms with Gasteiger partial charge in [-0.2, -0.15) is 0 Å². The van der Waals surface area contributed by atoms with E-state index in [2.05, 4.69) is 23.8 Å². The lowest BCUT2D eigenvalue weighted by molar-refractivity contribution is -0.141. The minimum absolute atomic E-state index is 0.00577. The Morgan fingerprint density at radius 2 is 1.45 bits per heavy atom. The van der Waals surface area contributed by atoms with E-state index in [0.717, 1.165) is 37.8 Å².